The molecule has 5 heteroatoms. The summed E-state index contributed by atoms with van der Waals surface area (Å²) in [4.78, 5) is 6.52. The molecule has 0 amide bonds. The second kappa shape index (κ2) is 5.28. The molecule has 2 N–H and O–H groups in total. The molecule has 1 atom stereocenters. The number of nitrogens with zero attached hydrogens (tertiary/aromatic N) is 3. The van der Waals surface area contributed by atoms with Gasteiger partial charge in [-0.2, -0.15) is 17.0 Å². The van der Waals surface area contributed by atoms with Gasteiger partial charge in [0.1, 0.15) is 6.07 Å². The van der Waals surface area contributed by atoms with Gasteiger partial charge in [-0.25, -0.2) is 4.98 Å². The van der Waals surface area contributed by atoms with Gasteiger partial charge in [0.2, 0.25) is 0 Å². The molecule has 0 aliphatic carbocycles. The van der Waals surface area contributed by atoms with Crippen LogP contribution in [0.25, 0.3) is 0 Å². The number of rotatable bonds is 2. The molecule has 2 heterocycles. The largest absolute Gasteiger partial charge is 0.395 e. The van der Waals surface area contributed by atoms with E-state index in [0.717, 1.165) is 31.1 Å². The van der Waals surface area contributed by atoms with Gasteiger partial charge in [0.25, 0.3) is 0 Å². The fourth-order valence-electron chi connectivity index (χ4n) is 1.97. The summed E-state index contributed by atoms with van der Waals surface area (Å²) in [6.07, 6.45) is 2.81. The molecule has 0 saturated carbocycles. The van der Waals surface area contributed by atoms with Crippen LogP contribution in [-0.4, -0.2) is 29.1 Å². The van der Waals surface area contributed by atoms with E-state index >= 15 is 0 Å². The van der Waals surface area contributed by atoms with Crippen molar-refractivity contribution in [1.82, 2.24) is 4.98 Å². The first-order valence-electron chi connectivity index (χ1n) is 5.77. The number of nitriles is 1. The number of hydrogen-bond donors (Lipinski definition) is 1. The average Bonchev–Trinajstić information content (AvgIpc) is 2.39. The highest BCUT2D eigenvalue weighted by molar-refractivity contribution is 8.00. The average molecular weight is 248 g/mol. The van der Waals surface area contributed by atoms with Crippen molar-refractivity contribution in [3.63, 3.8) is 0 Å². The first-order valence-corrected chi connectivity index (χ1v) is 6.82. The van der Waals surface area contributed by atoms with Crippen molar-refractivity contribution in [3.8, 4) is 6.07 Å². The fraction of sp³-hybridized carbons (Fsp3) is 0.500. The van der Waals surface area contributed by atoms with Crippen molar-refractivity contribution < 1.29 is 0 Å². The first-order chi connectivity index (χ1) is 8.26. The lowest BCUT2D eigenvalue weighted by molar-refractivity contribution is 0.721. The molecule has 1 aliphatic rings. The van der Waals surface area contributed by atoms with E-state index in [9.17, 15) is 0 Å². The molecule has 1 unspecified atom stereocenters. The van der Waals surface area contributed by atoms with Crippen molar-refractivity contribution in [2.24, 2.45) is 0 Å². The molecule has 17 heavy (non-hydrogen) atoms. The minimum absolute atomic E-state index is 0.511. The van der Waals surface area contributed by atoms with Gasteiger partial charge in [-0.05, 0) is 12.5 Å². The maximum Gasteiger partial charge on any atom is 0.153 e. The van der Waals surface area contributed by atoms with Crippen molar-refractivity contribution in [2.45, 2.75) is 18.6 Å². The number of hydrogen-bond acceptors (Lipinski definition) is 5. The zero-order valence-electron chi connectivity index (χ0n) is 9.89. The van der Waals surface area contributed by atoms with Crippen LogP contribution < -0.4 is 10.6 Å². The van der Waals surface area contributed by atoms with Gasteiger partial charge in [-0.15, -0.1) is 0 Å². The molecule has 2 rings (SSSR count). The monoisotopic (exact) mass is 248 g/mol. The van der Waals surface area contributed by atoms with Crippen molar-refractivity contribution in [1.29, 1.82) is 5.26 Å². The topological polar surface area (TPSA) is 65.9 Å². The molecule has 1 fully saturated rings. The van der Waals surface area contributed by atoms with Crippen LogP contribution in [0, 0.1) is 11.3 Å². The highest BCUT2D eigenvalue weighted by Gasteiger charge is 2.22. The summed E-state index contributed by atoms with van der Waals surface area (Å²) in [6, 6.07) is 3.76. The van der Waals surface area contributed by atoms with Gasteiger partial charge in [0.05, 0.1) is 11.3 Å². The van der Waals surface area contributed by atoms with E-state index in [0.29, 0.717) is 16.5 Å². The van der Waals surface area contributed by atoms with Crippen molar-refractivity contribution >= 4 is 23.3 Å². The van der Waals surface area contributed by atoms with Gasteiger partial charge < -0.3 is 10.6 Å². The number of nitrogens with two attached hydrogens (primary N) is 1. The van der Waals surface area contributed by atoms with Crippen LogP contribution in [0.15, 0.2) is 12.3 Å². The van der Waals surface area contributed by atoms with Gasteiger partial charge in [-0.1, -0.05) is 6.92 Å². The lowest BCUT2D eigenvalue weighted by Crippen LogP contribution is -2.38. The predicted octanol–water partition coefficient (Wildman–Crippen LogP) is 1.87. The molecule has 4 nitrogen and oxygen atoms in total. The zero-order valence-corrected chi connectivity index (χ0v) is 10.7. The number of pyridine rings is 1. The third-order valence-electron chi connectivity index (χ3n) is 2.98. The number of thioether (sulfide) groups is 1. The normalized spacial score (nSPS) is 20.0. The Morgan fingerprint density at radius 2 is 2.53 bits per heavy atom. The van der Waals surface area contributed by atoms with Crippen LogP contribution in [0.4, 0.5) is 11.5 Å². The Morgan fingerprint density at radius 1 is 1.71 bits per heavy atom. The minimum atomic E-state index is 0.511. The van der Waals surface area contributed by atoms with Crippen LogP contribution in [-0.2, 0) is 0 Å². The Kier molecular flexibility index (Phi) is 3.75. The van der Waals surface area contributed by atoms with E-state index in [2.05, 4.69) is 22.9 Å². The highest BCUT2D eigenvalue weighted by Crippen LogP contribution is 2.29. The summed E-state index contributed by atoms with van der Waals surface area (Å²) in [5.41, 5.74) is 7.00. The predicted molar refractivity (Wildman–Crippen MR) is 72.1 cm³/mol. The van der Waals surface area contributed by atoms with Crippen LogP contribution in [0.2, 0.25) is 0 Å². The smallest absolute Gasteiger partial charge is 0.153 e. The molecule has 1 aliphatic heterocycles. The quantitative estimate of drug-likeness (QED) is 0.865. The van der Waals surface area contributed by atoms with Crippen LogP contribution in [0.5, 0.6) is 0 Å². The van der Waals surface area contributed by atoms with E-state index in [1.54, 1.807) is 12.3 Å². The van der Waals surface area contributed by atoms with Crippen LogP contribution >= 0.6 is 11.8 Å². The minimum Gasteiger partial charge on any atom is -0.395 e. The third-order valence-corrected chi connectivity index (χ3v) is 4.36. The molecule has 0 bridgehead atoms. The summed E-state index contributed by atoms with van der Waals surface area (Å²) < 4.78 is 0. The highest BCUT2D eigenvalue weighted by atomic mass is 32.2. The Morgan fingerprint density at radius 3 is 3.24 bits per heavy atom. The SMILES string of the molecule is CCC1CN(c2nccc(C#N)c2N)CCS1. The van der Waals surface area contributed by atoms with Gasteiger partial charge >= 0.3 is 0 Å². The molecule has 1 aromatic heterocycles. The molecule has 0 radical (unpaired) electrons. The maximum absolute atomic E-state index is 8.96. The Balaban J connectivity index is 2.25. The summed E-state index contributed by atoms with van der Waals surface area (Å²) in [6.45, 7) is 4.12. The standard InChI is InChI=1S/C12H16N4S/c1-2-10-8-16(5-6-17-10)12-11(14)9(7-13)3-4-15-12/h3-4,10H,2,5-6,8,14H2,1H3. The summed E-state index contributed by atoms with van der Waals surface area (Å²) in [7, 11) is 0. The number of aromatic nitrogens is 1. The van der Waals surface area contributed by atoms with E-state index in [1.165, 1.54) is 0 Å². The zero-order chi connectivity index (χ0) is 12.3. The number of nitrogen functional groups attached to an aromatic ring is 1. The molecule has 1 saturated heterocycles. The molecule has 90 valence electrons. The molecule has 0 aromatic carbocycles. The summed E-state index contributed by atoms with van der Waals surface area (Å²) in [5, 5.41) is 9.59. The second-order valence-corrected chi connectivity index (χ2v) is 5.46. The Bertz CT molecular complexity index is 441. The summed E-state index contributed by atoms with van der Waals surface area (Å²) in [5.74, 6) is 1.86. The Hall–Kier alpha value is -1.41. The van der Waals surface area contributed by atoms with Crippen molar-refractivity contribution in [2.75, 3.05) is 29.5 Å². The maximum atomic E-state index is 8.96. The summed E-state index contributed by atoms with van der Waals surface area (Å²) >= 11 is 2.00. The first kappa shape index (κ1) is 12.1. The Labute approximate surface area is 106 Å². The van der Waals surface area contributed by atoms with E-state index in [4.69, 9.17) is 11.0 Å². The van der Waals surface area contributed by atoms with Crippen LogP contribution in [0.1, 0.15) is 18.9 Å². The van der Waals surface area contributed by atoms with E-state index < -0.39 is 0 Å². The molecule has 0 spiro atoms. The molecular formula is C12H16N4S. The molecular weight excluding hydrogens is 232 g/mol. The van der Waals surface area contributed by atoms with E-state index in [-0.39, 0.29) is 0 Å². The lowest BCUT2D eigenvalue weighted by Gasteiger charge is -2.33. The lowest BCUT2D eigenvalue weighted by atomic mass is 10.2. The van der Waals surface area contributed by atoms with Gasteiger partial charge in [-0.3, -0.25) is 0 Å². The fourth-order valence-corrected chi connectivity index (χ4v) is 3.15. The second-order valence-electron chi connectivity index (χ2n) is 4.05. The van der Waals surface area contributed by atoms with Gasteiger partial charge in [0.15, 0.2) is 5.82 Å². The number of anilines is 2. The van der Waals surface area contributed by atoms with Crippen molar-refractivity contribution in [3.05, 3.63) is 17.8 Å². The third kappa shape index (κ3) is 2.47. The van der Waals surface area contributed by atoms with Gasteiger partial charge in [0, 0.05) is 30.3 Å². The molecule has 1 aromatic rings. The van der Waals surface area contributed by atoms with E-state index in [1.807, 2.05) is 11.8 Å². The van der Waals surface area contributed by atoms with Crippen LogP contribution in [0.3, 0.4) is 0 Å².